The van der Waals surface area contributed by atoms with Crippen molar-refractivity contribution in [1.29, 1.82) is 0 Å². The predicted octanol–water partition coefficient (Wildman–Crippen LogP) is 1.89. The lowest BCUT2D eigenvalue weighted by molar-refractivity contribution is -0.119. The summed E-state index contributed by atoms with van der Waals surface area (Å²) in [4.78, 5) is 26.3. The Balaban J connectivity index is 1.71. The SMILES string of the molecule is CC(CCc1ccccc1)NC(=O)CSCc1nc(N)nc(N(C)C)n1. The second kappa shape index (κ2) is 9.96. The molecule has 0 aliphatic heterocycles. The Hall–Kier alpha value is -2.35. The van der Waals surface area contributed by atoms with Crippen molar-refractivity contribution >= 4 is 29.6 Å². The summed E-state index contributed by atoms with van der Waals surface area (Å²) in [6, 6.07) is 10.4. The van der Waals surface area contributed by atoms with Crippen LogP contribution in [0.3, 0.4) is 0 Å². The van der Waals surface area contributed by atoms with Gasteiger partial charge in [0.05, 0.1) is 11.5 Å². The van der Waals surface area contributed by atoms with E-state index in [1.807, 2.05) is 39.2 Å². The Morgan fingerprint density at radius 1 is 1.23 bits per heavy atom. The number of thioether (sulfide) groups is 1. The number of aryl methyl sites for hydroxylation is 1. The minimum atomic E-state index is 0.0189. The molecule has 26 heavy (non-hydrogen) atoms. The predicted molar refractivity (Wildman–Crippen MR) is 107 cm³/mol. The fourth-order valence-corrected chi connectivity index (χ4v) is 3.02. The van der Waals surface area contributed by atoms with E-state index in [0.717, 1.165) is 12.8 Å². The van der Waals surface area contributed by atoms with Crippen LogP contribution >= 0.6 is 11.8 Å². The van der Waals surface area contributed by atoms with Crippen molar-refractivity contribution in [3.63, 3.8) is 0 Å². The molecular formula is C18H26N6OS. The van der Waals surface area contributed by atoms with Crippen LogP contribution in [0.4, 0.5) is 11.9 Å². The van der Waals surface area contributed by atoms with E-state index in [9.17, 15) is 4.79 Å². The first-order valence-electron chi connectivity index (χ1n) is 8.53. The van der Waals surface area contributed by atoms with Gasteiger partial charge < -0.3 is 16.0 Å². The van der Waals surface area contributed by atoms with E-state index >= 15 is 0 Å². The van der Waals surface area contributed by atoms with E-state index in [2.05, 4.69) is 32.4 Å². The molecule has 0 aliphatic rings. The maximum atomic E-state index is 12.1. The minimum absolute atomic E-state index is 0.0189. The highest BCUT2D eigenvalue weighted by Crippen LogP contribution is 2.12. The van der Waals surface area contributed by atoms with Gasteiger partial charge in [0.1, 0.15) is 5.82 Å². The second-order valence-electron chi connectivity index (χ2n) is 6.29. The summed E-state index contributed by atoms with van der Waals surface area (Å²) in [7, 11) is 3.69. The summed E-state index contributed by atoms with van der Waals surface area (Å²) in [5.74, 6) is 2.18. The summed E-state index contributed by atoms with van der Waals surface area (Å²) < 4.78 is 0. The van der Waals surface area contributed by atoms with Gasteiger partial charge >= 0.3 is 0 Å². The van der Waals surface area contributed by atoms with Gasteiger partial charge in [0.15, 0.2) is 0 Å². The number of rotatable bonds is 9. The molecule has 2 rings (SSSR count). The number of aromatic nitrogens is 3. The van der Waals surface area contributed by atoms with E-state index in [1.54, 1.807) is 4.90 Å². The van der Waals surface area contributed by atoms with Crippen LogP contribution in [0.15, 0.2) is 30.3 Å². The van der Waals surface area contributed by atoms with Gasteiger partial charge in [0.25, 0.3) is 0 Å². The van der Waals surface area contributed by atoms with Crippen LogP contribution in [0.5, 0.6) is 0 Å². The van der Waals surface area contributed by atoms with Crippen LogP contribution in [-0.2, 0) is 17.0 Å². The van der Waals surface area contributed by atoms with Gasteiger partial charge in [-0.3, -0.25) is 4.79 Å². The maximum Gasteiger partial charge on any atom is 0.230 e. The zero-order chi connectivity index (χ0) is 18.9. The Morgan fingerprint density at radius 2 is 1.96 bits per heavy atom. The number of nitrogens with zero attached hydrogens (tertiary/aromatic N) is 4. The lowest BCUT2D eigenvalue weighted by atomic mass is 10.1. The van der Waals surface area contributed by atoms with Crippen LogP contribution in [-0.4, -0.2) is 46.7 Å². The lowest BCUT2D eigenvalue weighted by Gasteiger charge is -2.14. The van der Waals surface area contributed by atoms with Crippen molar-refractivity contribution in [1.82, 2.24) is 20.3 Å². The summed E-state index contributed by atoms with van der Waals surface area (Å²) in [6.45, 7) is 2.03. The molecule has 2 aromatic rings. The third-order valence-corrected chi connectivity index (χ3v) is 4.60. The van der Waals surface area contributed by atoms with Crippen molar-refractivity contribution in [3.8, 4) is 0 Å². The first kappa shape index (κ1) is 20.0. The van der Waals surface area contributed by atoms with Crippen LogP contribution in [0.25, 0.3) is 0 Å². The molecule has 8 heteroatoms. The molecule has 1 aromatic carbocycles. The molecule has 0 saturated carbocycles. The van der Waals surface area contributed by atoms with Crippen LogP contribution in [0, 0.1) is 0 Å². The molecule has 7 nitrogen and oxygen atoms in total. The average Bonchev–Trinajstić information content (AvgIpc) is 2.60. The zero-order valence-corrected chi connectivity index (χ0v) is 16.3. The van der Waals surface area contributed by atoms with Crippen molar-refractivity contribution in [2.24, 2.45) is 0 Å². The standard InChI is InChI=1S/C18H26N6OS/c1-13(9-10-14-7-5-4-6-8-14)20-16(25)12-26-11-15-21-17(19)23-18(22-15)24(2)3/h4-8,13H,9-12H2,1-3H3,(H,20,25)(H2,19,21,22,23). The smallest absolute Gasteiger partial charge is 0.230 e. The average molecular weight is 375 g/mol. The van der Waals surface area contributed by atoms with Gasteiger partial charge in [-0.15, -0.1) is 11.8 Å². The van der Waals surface area contributed by atoms with Crippen LogP contribution < -0.4 is 16.0 Å². The molecule has 0 aliphatic carbocycles. The molecule has 140 valence electrons. The molecule has 0 bridgehead atoms. The third-order valence-electron chi connectivity index (χ3n) is 3.67. The first-order chi connectivity index (χ1) is 12.4. The van der Waals surface area contributed by atoms with Crippen molar-refractivity contribution in [2.75, 3.05) is 30.5 Å². The number of carbonyl (C=O) groups is 1. The molecule has 1 unspecified atom stereocenters. The number of benzene rings is 1. The molecule has 3 N–H and O–H groups in total. The third kappa shape index (κ3) is 6.87. The van der Waals surface area contributed by atoms with E-state index in [-0.39, 0.29) is 17.9 Å². The van der Waals surface area contributed by atoms with Gasteiger partial charge in [0.2, 0.25) is 17.8 Å². The topological polar surface area (TPSA) is 97.0 Å². The van der Waals surface area contributed by atoms with Crippen LogP contribution in [0.2, 0.25) is 0 Å². The fourth-order valence-electron chi connectivity index (χ4n) is 2.34. The summed E-state index contributed by atoms with van der Waals surface area (Å²) in [5.41, 5.74) is 6.98. The second-order valence-corrected chi connectivity index (χ2v) is 7.28. The van der Waals surface area contributed by atoms with Gasteiger partial charge in [0, 0.05) is 20.1 Å². The highest BCUT2D eigenvalue weighted by atomic mass is 32.2. The number of nitrogens with two attached hydrogens (primary N) is 1. The number of nitrogens with one attached hydrogen (secondary N) is 1. The number of carbonyl (C=O) groups excluding carboxylic acids is 1. The normalized spacial score (nSPS) is 11.8. The van der Waals surface area contributed by atoms with Crippen molar-refractivity contribution in [3.05, 3.63) is 41.7 Å². The van der Waals surface area contributed by atoms with E-state index in [1.165, 1.54) is 17.3 Å². The Kier molecular flexibility index (Phi) is 7.65. The number of hydrogen-bond acceptors (Lipinski definition) is 7. The maximum absolute atomic E-state index is 12.1. The molecule has 0 spiro atoms. The number of nitrogen functional groups attached to an aromatic ring is 1. The summed E-state index contributed by atoms with van der Waals surface area (Å²) in [6.07, 6.45) is 1.86. The number of amides is 1. The Bertz CT molecular complexity index is 710. The van der Waals surface area contributed by atoms with E-state index < -0.39 is 0 Å². The largest absolute Gasteiger partial charge is 0.368 e. The highest BCUT2D eigenvalue weighted by molar-refractivity contribution is 7.99. The van der Waals surface area contributed by atoms with E-state index in [4.69, 9.17) is 5.73 Å². The van der Waals surface area contributed by atoms with Crippen molar-refractivity contribution < 1.29 is 4.79 Å². The Morgan fingerprint density at radius 3 is 2.65 bits per heavy atom. The van der Waals surface area contributed by atoms with Gasteiger partial charge in [-0.25, -0.2) is 0 Å². The van der Waals surface area contributed by atoms with Gasteiger partial charge in [-0.05, 0) is 25.3 Å². The molecule has 1 heterocycles. The highest BCUT2D eigenvalue weighted by Gasteiger charge is 2.10. The van der Waals surface area contributed by atoms with Crippen LogP contribution in [0.1, 0.15) is 24.7 Å². The lowest BCUT2D eigenvalue weighted by Crippen LogP contribution is -2.34. The molecule has 0 fully saturated rings. The van der Waals surface area contributed by atoms with Crippen molar-refractivity contribution in [2.45, 2.75) is 31.6 Å². The molecule has 1 amide bonds. The van der Waals surface area contributed by atoms with Gasteiger partial charge in [-0.1, -0.05) is 30.3 Å². The number of hydrogen-bond donors (Lipinski definition) is 2. The number of anilines is 2. The molecule has 1 atom stereocenters. The molecular weight excluding hydrogens is 348 g/mol. The quantitative estimate of drug-likeness (QED) is 0.692. The molecule has 1 aromatic heterocycles. The van der Waals surface area contributed by atoms with E-state index in [0.29, 0.717) is 23.3 Å². The monoisotopic (exact) mass is 374 g/mol. The molecule has 0 radical (unpaired) electrons. The molecule has 0 saturated heterocycles. The summed E-state index contributed by atoms with van der Waals surface area (Å²) >= 11 is 1.46. The minimum Gasteiger partial charge on any atom is -0.368 e. The fraction of sp³-hybridized carbons (Fsp3) is 0.444. The first-order valence-corrected chi connectivity index (χ1v) is 9.68. The van der Waals surface area contributed by atoms with Gasteiger partial charge in [-0.2, -0.15) is 15.0 Å². The zero-order valence-electron chi connectivity index (χ0n) is 15.5. The summed E-state index contributed by atoms with van der Waals surface area (Å²) in [5, 5.41) is 3.03. The Labute approximate surface area is 158 Å².